The number of likely N-dealkylation sites (tertiary alicyclic amines) is 1. The smallest absolute Gasteiger partial charge is 0.261 e. The standard InChI is InChI=1S/C35H39N5O5/c1-21-8-11-30(25-7-4-6-24(21)25)45-20-23(41)10-9-22-12-13-36-33(42)31(22)32-37-28-18-26-27(19-29(28)38-32)35(44)40(34(26)43)17-5-16-39-14-2-3-15-39/h8,11-13,18-19,23,41H,2-7,9-10,14-17,20H2,1H3,(H,36,42)(H,37,38)/t23-/m1/s1. The number of nitrogens with one attached hydrogen (secondary N) is 2. The van der Waals surface area contributed by atoms with Gasteiger partial charge in [0.25, 0.3) is 17.4 Å². The maximum atomic E-state index is 13.2. The number of pyridine rings is 1. The first-order chi connectivity index (χ1) is 21.9. The van der Waals surface area contributed by atoms with E-state index >= 15 is 0 Å². The summed E-state index contributed by atoms with van der Waals surface area (Å²) in [5.74, 6) is 0.613. The maximum absolute atomic E-state index is 13.2. The van der Waals surface area contributed by atoms with Crippen LogP contribution in [0.15, 0.2) is 41.3 Å². The first-order valence-corrected chi connectivity index (χ1v) is 16.1. The van der Waals surface area contributed by atoms with E-state index in [2.05, 4.69) is 32.8 Å². The Morgan fingerprint density at radius 2 is 1.76 bits per heavy atom. The van der Waals surface area contributed by atoms with Gasteiger partial charge in [-0.15, -0.1) is 0 Å². The number of aliphatic hydroxyl groups is 1. The van der Waals surface area contributed by atoms with Crippen LogP contribution < -0.4 is 10.3 Å². The van der Waals surface area contributed by atoms with Crippen molar-refractivity contribution in [2.75, 3.05) is 32.8 Å². The zero-order valence-corrected chi connectivity index (χ0v) is 25.7. The molecule has 2 aromatic heterocycles. The molecule has 3 aliphatic rings. The highest BCUT2D eigenvalue weighted by molar-refractivity contribution is 6.22. The average Bonchev–Trinajstić information content (AvgIpc) is 3.84. The lowest BCUT2D eigenvalue weighted by molar-refractivity contribution is 0.0648. The number of benzene rings is 2. The highest BCUT2D eigenvalue weighted by atomic mass is 16.5. The molecule has 10 heteroatoms. The molecule has 10 nitrogen and oxygen atoms in total. The van der Waals surface area contributed by atoms with Gasteiger partial charge in [-0.05, 0) is 124 Å². The van der Waals surface area contributed by atoms with E-state index < -0.39 is 6.10 Å². The quantitative estimate of drug-likeness (QED) is 0.218. The van der Waals surface area contributed by atoms with Gasteiger partial charge in [0.05, 0.1) is 33.8 Å². The largest absolute Gasteiger partial charge is 0.491 e. The molecule has 0 radical (unpaired) electrons. The van der Waals surface area contributed by atoms with Gasteiger partial charge < -0.3 is 24.7 Å². The molecule has 2 aliphatic heterocycles. The van der Waals surface area contributed by atoms with E-state index in [-0.39, 0.29) is 24.0 Å². The van der Waals surface area contributed by atoms with E-state index in [0.29, 0.717) is 52.9 Å². The van der Waals surface area contributed by atoms with Gasteiger partial charge in [-0.1, -0.05) is 6.07 Å². The molecule has 0 bridgehead atoms. The van der Waals surface area contributed by atoms with Gasteiger partial charge in [-0.2, -0.15) is 0 Å². The number of amides is 2. The Morgan fingerprint density at radius 3 is 2.58 bits per heavy atom. The van der Waals surface area contributed by atoms with Crippen LogP contribution in [-0.4, -0.2) is 80.6 Å². The molecule has 0 spiro atoms. The van der Waals surface area contributed by atoms with Gasteiger partial charge in [0.1, 0.15) is 18.2 Å². The summed E-state index contributed by atoms with van der Waals surface area (Å²) in [7, 11) is 0. The monoisotopic (exact) mass is 609 g/mol. The Bertz CT molecular complexity index is 1780. The van der Waals surface area contributed by atoms with Gasteiger partial charge in [0.15, 0.2) is 0 Å². The third-order valence-corrected chi connectivity index (χ3v) is 9.57. The number of hydrogen-bond donors (Lipinski definition) is 3. The SMILES string of the molecule is Cc1ccc(OC[C@H](O)CCc2cc[nH]c(=O)c2-c2nc3cc4c(cc3[nH]2)C(=O)N(CCCN2CCCC2)C4=O)c2c1CCC2. The van der Waals surface area contributed by atoms with E-state index in [4.69, 9.17) is 4.74 Å². The second-order valence-electron chi connectivity index (χ2n) is 12.6. The normalized spacial score (nSPS) is 17.0. The fourth-order valence-electron chi connectivity index (χ4n) is 7.14. The summed E-state index contributed by atoms with van der Waals surface area (Å²) < 4.78 is 6.04. The van der Waals surface area contributed by atoms with E-state index in [0.717, 1.165) is 56.6 Å². The van der Waals surface area contributed by atoms with Crippen LogP contribution in [0.3, 0.4) is 0 Å². The fourth-order valence-corrected chi connectivity index (χ4v) is 7.14. The molecule has 1 aliphatic carbocycles. The van der Waals surface area contributed by atoms with E-state index in [1.54, 1.807) is 18.3 Å². The minimum absolute atomic E-state index is 0.168. The van der Waals surface area contributed by atoms with Crippen molar-refractivity contribution in [3.8, 4) is 17.1 Å². The molecule has 4 aromatic rings. The number of imidazole rings is 1. The Hall–Kier alpha value is -4.28. The number of fused-ring (bicyclic) bond motifs is 3. The Morgan fingerprint density at radius 1 is 0.978 bits per heavy atom. The van der Waals surface area contributed by atoms with Gasteiger partial charge >= 0.3 is 0 Å². The van der Waals surface area contributed by atoms with Crippen molar-refractivity contribution in [1.29, 1.82) is 0 Å². The molecule has 1 atom stereocenters. The second kappa shape index (κ2) is 12.3. The first-order valence-electron chi connectivity index (χ1n) is 16.1. The topological polar surface area (TPSA) is 132 Å². The average molecular weight is 610 g/mol. The van der Waals surface area contributed by atoms with E-state index in [9.17, 15) is 19.5 Å². The molecular formula is C35H39N5O5. The number of hydrogen-bond acceptors (Lipinski definition) is 7. The molecule has 1 saturated heterocycles. The van der Waals surface area contributed by atoms with Crippen molar-refractivity contribution in [2.45, 2.75) is 64.4 Å². The highest BCUT2D eigenvalue weighted by Gasteiger charge is 2.36. The molecule has 234 valence electrons. The number of rotatable bonds is 11. The summed E-state index contributed by atoms with van der Waals surface area (Å²) in [5.41, 5.74) is 6.50. The molecule has 4 heterocycles. The molecule has 2 aromatic carbocycles. The molecular weight excluding hydrogens is 570 g/mol. The van der Waals surface area contributed by atoms with Crippen LogP contribution >= 0.6 is 0 Å². The lowest BCUT2D eigenvalue weighted by Crippen LogP contribution is -2.33. The number of imide groups is 1. The Kier molecular flexibility index (Phi) is 8.01. The number of aromatic nitrogens is 3. The Balaban J connectivity index is 1.04. The van der Waals surface area contributed by atoms with Crippen molar-refractivity contribution in [3.63, 3.8) is 0 Å². The van der Waals surface area contributed by atoms with Gasteiger partial charge in [-0.3, -0.25) is 19.3 Å². The second-order valence-corrected chi connectivity index (χ2v) is 12.6. The van der Waals surface area contributed by atoms with E-state index in [1.807, 2.05) is 12.1 Å². The van der Waals surface area contributed by atoms with E-state index in [1.165, 1.54) is 34.4 Å². The number of nitrogens with zero attached hydrogens (tertiary/aromatic N) is 3. The zero-order valence-electron chi connectivity index (χ0n) is 25.7. The molecule has 1 fully saturated rings. The molecule has 2 amide bonds. The first kappa shape index (κ1) is 29.4. The van der Waals surface area contributed by atoms with Crippen LogP contribution in [0.25, 0.3) is 22.4 Å². The predicted molar refractivity (Wildman–Crippen MR) is 171 cm³/mol. The minimum atomic E-state index is -0.718. The number of carbonyl (C=O) groups excluding carboxylic acids is 2. The van der Waals surface area contributed by atoms with Gasteiger partial charge in [-0.25, -0.2) is 4.98 Å². The molecule has 0 unspecified atom stereocenters. The third kappa shape index (κ3) is 5.68. The summed E-state index contributed by atoms with van der Waals surface area (Å²) in [5, 5.41) is 10.8. The highest BCUT2D eigenvalue weighted by Crippen LogP contribution is 2.33. The molecule has 45 heavy (non-hydrogen) atoms. The minimum Gasteiger partial charge on any atom is -0.491 e. The van der Waals surface area contributed by atoms with Gasteiger partial charge in [0.2, 0.25) is 0 Å². The Labute approximate surface area is 261 Å². The summed E-state index contributed by atoms with van der Waals surface area (Å²) in [6, 6.07) is 9.20. The molecule has 7 rings (SSSR count). The summed E-state index contributed by atoms with van der Waals surface area (Å²) in [6.07, 6.45) is 8.06. The van der Waals surface area contributed by atoms with Crippen LogP contribution in [0.4, 0.5) is 0 Å². The molecule has 0 saturated carbocycles. The number of aromatic amines is 2. The lowest BCUT2D eigenvalue weighted by Gasteiger charge is -2.17. The van der Waals surface area contributed by atoms with Gasteiger partial charge in [0, 0.05) is 12.7 Å². The molecule has 3 N–H and O–H groups in total. The van der Waals surface area contributed by atoms with Crippen molar-refractivity contribution in [1.82, 2.24) is 24.8 Å². The van der Waals surface area contributed by atoms with Crippen LogP contribution in [-0.2, 0) is 19.3 Å². The maximum Gasteiger partial charge on any atom is 0.261 e. The number of aryl methyl sites for hydroxylation is 2. The van der Waals surface area contributed by atoms with Crippen molar-refractivity contribution >= 4 is 22.8 Å². The number of ether oxygens (including phenoxy) is 1. The number of aliphatic hydroxyl groups excluding tert-OH is 1. The van der Waals surface area contributed by atoms with Crippen LogP contribution in [0.1, 0.15) is 75.1 Å². The van der Waals surface area contributed by atoms with Crippen molar-refractivity contribution in [2.24, 2.45) is 0 Å². The van der Waals surface area contributed by atoms with Crippen LogP contribution in [0.5, 0.6) is 5.75 Å². The van der Waals surface area contributed by atoms with Crippen LogP contribution in [0.2, 0.25) is 0 Å². The summed E-state index contributed by atoms with van der Waals surface area (Å²) in [4.78, 5) is 53.7. The zero-order chi connectivity index (χ0) is 31.1. The summed E-state index contributed by atoms with van der Waals surface area (Å²) >= 11 is 0. The van der Waals surface area contributed by atoms with Crippen molar-refractivity contribution in [3.05, 3.63) is 80.3 Å². The fraction of sp³-hybridized carbons (Fsp3) is 0.429. The third-order valence-electron chi connectivity index (χ3n) is 9.57. The number of carbonyl (C=O) groups is 2. The lowest BCUT2D eigenvalue weighted by atomic mass is 10.0. The predicted octanol–water partition coefficient (Wildman–Crippen LogP) is 4.17. The van der Waals surface area contributed by atoms with Crippen molar-refractivity contribution < 1.29 is 19.4 Å². The summed E-state index contributed by atoms with van der Waals surface area (Å²) in [6.45, 7) is 5.73. The van der Waals surface area contributed by atoms with Crippen LogP contribution in [0, 0.1) is 6.92 Å². The number of H-pyrrole nitrogens is 2.